The highest BCUT2D eigenvalue weighted by molar-refractivity contribution is 6.31. The molecule has 2 aliphatic heterocycles. The Morgan fingerprint density at radius 1 is 0.663 bits per heavy atom. The first kappa shape index (κ1) is 73.2. The van der Waals surface area contributed by atoms with Gasteiger partial charge in [-0.3, -0.25) is 52.7 Å². The van der Waals surface area contributed by atoms with Gasteiger partial charge in [-0.15, -0.1) is 0 Å². The quantitative estimate of drug-likeness (QED) is 0.289. The molecule has 1 spiro atoms. The molecular weight excluding hydrogens is 1180 g/mol. The molecule has 0 bridgehead atoms. The maximum atomic E-state index is 14.9. The van der Waals surface area contributed by atoms with E-state index in [2.05, 4.69) is 16.0 Å². The van der Waals surface area contributed by atoms with Crippen LogP contribution in [0.4, 0.5) is 13.2 Å². The van der Waals surface area contributed by atoms with Crippen LogP contribution < -0.4 is 16.0 Å². The van der Waals surface area contributed by atoms with Gasteiger partial charge < -0.3 is 55.1 Å². The van der Waals surface area contributed by atoms with Crippen molar-refractivity contribution in [2.75, 3.05) is 75.5 Å². The molecule has 11 amide bonds. The minimum absolute atomic E-state index is 0.0347. The number of carbonyl (C=O) groups excluding carboxylic acids is 11. The number of hydrogen-bond donors (Lipinski definition) is 3. The third kappa shape index (κ3) is 18.8. The standard InChI is InChI=1S/C63H97ClF3N11O11/c1-15-39(6)53-59(87)73(10)35-51(81)71(8)36-52(82)76(13)48(33-41-20-17-16-18-21-41)58(86)72(9)34-49(79)68-45(26-24-42-23-25-43(44(64)32-42)63(65,66)67)57(85)78-29-19-22-46(78)56(84)70-62(27-28-62)61(89)77(14)54(38(4)5)60(88)74(11)40(7)31-50(80)75(12)47(30-37(2)3)55(83)69-53/h23,25,32,37-41,45-48,53-54H,15-22,24,26-31,33-36H2,1-14H3,(H,68,79)(H,69,83)(H,70,84)/t39-,40+,45-,46?,47-,48-,53-,54-/m0/s1. The first-order chi connectivity index (χ1) is 41.5. The van der Waals surface area contributed by atoms with E-state index < -0.39 is 161 Å². The molecule has 2 saturated carbocycles. The first-order valence-corrected chi connectivity index (χ1v) is 31.8. The summed E-state index contributed by atoms with van der Waals surface area (Å²) in [7, 11) is 10.1. The summed E-state index contributed by atoms with van der Waals surface area (Å²) in [6, 6.07) is -4.50. The van der Waals surface area contributed by atoms with E-state index in [1.54, 1.807) is 27.7 Å². The SMILES string of the molecule is CC[C@H](C)[C@@H]1NC(=O)[C@H](CC(C)C)N(C)C(=O)C[C@@H](C)N(C)C(=O)[C@H](C(C)C)N(C)C(=O)C2(CC2)NC(=O)C2CCCN2C(=O)[C@H](CCc2ccc(C(F)(F)F)c(Cl)c2)NC(=O)CN(C)C(=O)[C@H](CC2CCCCC2)N(C)C(=O)CN(C)C(=O)CN(C)C1=O. The summed E-state index contributed by atoms with van der Waals surface area (Å²) >= 11 is 6.09. The van der Waals surface area contributed by atoms with Crippen LogP contribution in [0, 0.1) is 23.7 Å². The number of amides is 11. The molecule has 8 atom stereocenters. The van der Waals surface area contributed by atoms with Gasteiger partial charge in [0, 0.05) is 68.3 Å². The molecule has 1 aromatic carbocycles. The van der Waals surface area contributed by atoms with Crippen LogP contribution in [0.25, 0.3) is 0 Å². The minimum Gasteiger partial charge on any atom is -0.343 e. The number of nitrogens with zero attached hydrogens (tertiary/aromatic N) is 8. The number of nitrogens with one attached hydrogen (secondary N) is 3. The monoisotopic (exact) mass is 1280 g/mol. The number of aryl methyl sites for hydroxylation is 1. The molecule has 22 nitrogen and oxygen atoms in total. The Kier molecular flexibility index (Phi) is 25.9. The fraction of sp³-hybridized carbons (Fsp3) is 0.730. The van der Waals surface area contributed by atoms with Crippen LogP contribution in [0.15, 0.2) is 18.2 Å². The molecule has 2 heterocycles. The third-order valence-electron chi connectivity index (χ3n) is 18.5. The molecule has 498 valence electrons. The summed E-state index contributed by atoms with van der Waals surface area (Å²) in [6.07, 6.45) is 1.00. The number of benzene rings is 1. The van der Waals surface area contributed by atoms with Crippen molar-refractivity contribution in [2.24, 2.45) is 23.7 Å². The summed E-state index contributed by atoms with van der Waals surface area (Å²) in [5.74, 6) is -7.72. The van der Waals surface area contributed by atoms with E-state index in [0.29, 0.717) is 18.4 Å². The lowest BCUT2D eigenvalue weighted by molar-refractivity contribution is -0.150. The largest absolute Gasteiger partial charge is 0.417 e. The summed E-state index contributed by atoms with van der Waals surface area (Å²) in [5, 5.41) is 7.94. The van der Waals surface area contributed by atoms with Gasteiger partial charge in [0.15, 0.2) is 0 Å². The second-order valence-corrected chi connectivity index (χ2v) is 26.7. The van der Waals surface area contributed by atoms with Gasteiger partial charge in [0.2, 0.25) is 65.0 Å². The zero-order chi connectivity index (χ0) is 66.7. The van der Waals surface area contributed by atoms with Crippen LogP contribution in [0.3, 0.4) is 0 Å². The van der Waals surface area contributed by atoms with E-state index >= 15 is 0 Å². The van der Waals surface area contributed by atoms with E-state index in [1.807, 2.05) is 20.8 Å². The van der Waals surface area contributed by atoms with Gasteiger partial charge in [0.25, 0.3) is 0 Å². The molecule has 1 unspecified atom stereocenters. The molecule has 2 saturated heterocycles. The topological polar surface area (TPSA) is 250 Å². The van der Waals surface area contributed by atoms with Crippen LogP contribution in [-0.4, -0.2) is 228 Å². The van der Waals surface area contributed by atoms with E-state index in [-0.39, 0.29) is 69.7 Å². The Bertz CT molecular complexity index is 2760. The summed E-state index contributed by atoms with van der Waals surface area (Å²) < 4.78 is 41.2. The van der Waals surface area contributed by atoms with Crippen molar-refractivity contribution in [1.29, 1.82) is 0 Å². The van der Waals surface area contributed by atoms with Crippen LogP contribution >= 0.6 is 11.6 Å². The smallest absolute Gasteiger partial charge is 0.343 e. The predicted octanol–water partition coefficient (Wildman–Crippen LogP) is 4.73. The highest BCUT2D eigenvalue weighted by Gasteiger charge is 2.56. The van der Waals surface area contributed by atoms with Crippen molar-refractivity contribution in [3.05, 3.63) is 34.3 Å². The van der Waals surface area contributed by atoms with Crippen LogP contribution in [-0.2, 0) is 65.3 Å². The Labute approximate surface area is 528 Å². The van der Waals surface area contributed by atoms with Gasteiger partial charge in [0.05, 0.1) is 30.2 Å². The number of rotatable bonds is 10. The fourth-order valence-electron chi connectivity index (χ4n) is 12.3. The maximum absolute atomic E-state index is 14.9. The number of hydrogen-bond acceptors (Lipinski definition) is 11. The molecule has 89 heavy (non-hydrogen) atoms. The zero-order valence-corrected chi connectivity index (χ0v) is 55.4. The van der Waals surface area contributed by atoms with Crippen LogP contribution in [0.2, 0.25) is 5.02 Å². The number of fused-ring (bicyclic) bond motifs is 1. The Morgan fingerprint density at radius 3 is 1.84 bits per heavy atom. The molecule has 2 aliphatic carbocycles. The molecule has 0 radical (unpaired) electrons. The Morgan fingerprint density at radius 2 is 1.27 bits per heavy atom. The Hall–Kier alpha value is -6.53. The molecule has 26 heteroatoms. The lowest BCUT2D eigenvalue weighted by Crippen LogP contribution is -2.60. The van der Waals surface area contributed by atoms with Crippen molar-refractivity contribution < 1.29 is 65.9 Å². The number of likely N-dealkylation sites (N-methyl/N-ethyl adjacent to an activating group) is 7. The van der Waals surface area contributed by atoms with Crippen molar-refractivity contribution in [3.8, 4) is 0 Å². The van der Waals surface area contributed by atoms with Crippen LogP contribution in [0.1, 0.15) is 149 Å². The van der Waals surface area contributed by atoms with Gasteiger partial charge >= 0.3 is 6.18 Å². The van der Waals surface area contributed by atoms with Gasteiger partial charge in [-0.25, -0.2) is 0 Å². The van der Waals surface area contributed by atoms with Crippen molar-refractivity contribution in [2.45, 2.75) is 199 Å². The van der Waals surface area contributed by atoms with E-state index in [4.69, 9.17) is 11.6 Å². The number of halogens is 4. The summed E-state index contributed by atoms with van der Waals surface area (Å²) in [6.45, 7) is 11.0. The second-order valence-electron chi connectivity index (χ2n) is 26.3. The van der Waals surface area contributed by atoms with E-state index in [1.165, 1.54) is 79.9 Å². The van der Waals surface area contributed by atoms with Gasteiger partial charge in [0.1, 0.15) is 41.8 Å². The third-order valence-corrected chi connectivity index (χ3v) is 18.8. The predicted molar refractivity (Wildman–Crippen MR) is 328 cm³/mol. The molecular formula is C63H97ClF3N11O11. The normalized spacial score (nSPS) is 26.3. The summed E-state index contributed by atoms with van der Waals surface area (Å²) in [4.78, 5) is 169. The second kappa shape index (κ2) is 31.5. The van der Waals surface area contributed by atoms with Crippen molar-refractivity contribution in [1.82, 2.24) is 55.1 Å². The van der Waals surface area contributed by atoms with E-state index in [9.17, 15) is 65.9 Å². The average Bonchev–Trinajstić information content (AvgIpc) is 1.79. The molecule has 1 aromatic rings. The number of alkyl halides is 3. The van der Waals surface area contributed by atoms with Gasteiger partial charge in [-0.2, -0.15) is 13.2 Å². The molecule has 4 aliphatic rings. The van der Waals surface area contributed by atoms with Crippen molar-refractivity contribution in [3.63, 3.8) is 0 Å². The summed E-state index contributed by atoms with van der Waals surface area (Å²) in [5.41, 5.74) is -2.20. The highest BCUT2D eigenvalue weighted by Crippen LogP contribution is 2.40. The van der Waals surface area contributed by atoms with Gasteiger partial charge in [-0.1, -0.05) is 97.7 Å². The molecule has 5 rings (SSSR count). The van der Waals surface area contributed by atoms with Crippen molar-refractivity contribution >= 4 is 76.6 Å². The highest BCUT2D eigenvalue weighted by atomic mass is 35.5. The minimum atomic E-state index is -4.74. The lowest BCUT2D eigenvalue weighted by Gasteiger charge is -2.38. The molecule has 0 aromatic heterocycles. The fourth-order valence-corrected chi connectivity index (χ4v) is 12.6. The first-order valence-electron chi connectivity index (χ1n) is 31.4. The zero-order valence-electron chi connectivity index (χ0n) is 54.6. The van der Waals surface area contributed by atoms with E-state index in [0.717, 1.165) is 58.9 Å². The van der Waals surface area contributed by atoms with Crippen LogP contribution in [0.5, 0.6) is 0 Å². The molecule has 4 fully saturated rings. The average molecular weight is 1280 g/mol. The number of carbonyl (C=O) groups is 11. The maximum Gasteiger partial charge on any atom is 0.417 e. The molecule has 3 N–H and O–H groups in total. The lowest BCUT2D eigenvalue weighted by atomic mass is 9.84. The van der Waals surface area contributed by atoms with Gasteiger partial charge in [-0.05, 0) is 99.7 Å². The Balaban J connectivity index is 1.53.